The van der Waals surface area contributed by atoms with Crippen LogP contribution in [0.1, 0.15) is 19.3 Å². The quantitative estimate of drug-likeness (QED) is 0.640. The van der Waals surface area contributed by atoms with Gasteiger partial charge in [0.05, 0.1) is 0 Å². The van der Waals surface area contributed by atoms with Crippen LogP contribution in [0.4, 0.5) is 16.2 Å². The number of nitrogens with two attached hydrogens (primary N) is 2. The molecule has 0 aliphatic heterocycles. The topological polar surface area (TPSA) is 110 Å². The van der Waals surface area contributed by atoms with Gasteiger partial charge in [0.2, 0.25) is 5.91 Å². The van der Waals surface area contributed by atoms with E-state index in [1.807, 2.05) is 0 Å². The van der Waals surface area contributed by atoms with Gasteiger partial charge in [-0.2, -0.15) is 0 Å². The first-order chi connectivity index (χ1) is 9.04. The third kappa shape index (κ3) is 4.26. The average molecular weight is 262 g/mol. The first kappa shape index (κ1) is 13.4. The lowest BCUT2D eigenvalue weighted by Crippen LogP contribution is -2.28. The molecule has 0 spiro atoms. The van der Waals surface area contributed by atoms with E-state index in [1.165, 1.54) is 0 Å². The Balaban J connectivity index is 1.90. The lowest BCUT2D eigenvalue weighted by atomic mass is 10.1. The fourth-order valence-corrected chi connectivity index (χ4v) is 1.93. The number of carbonyl (C=O) groups excluding carboxylic acids is 2. The predicted octanol–water partition coefficient (Wildman–Crippen LogP) is 1.24. The second kappa shape index (κ2) is 5.71. The third-order valence-electron chi connectivity index (χ3n) is 3.06. The molecular formula is C13H18N4O2. The number of hydrogen-bond donors (Lipinski definition) is 4. The molecule has 1 aromatic rings. The Hall–Kier alpha value is -2.08. The van der Waals surface area contributed by atoms with E-state index in [2.05, 4.69) is 10.6 Å². The fraction of sp³-hybridized carbons (Fsp3) is 0.385. The number of amides is 3. The Morgan fingerprint density at radius 1 is 1.26 bits per heavy atom. The van der Waals surface area contributed by atoms with Crippen LogP contribution in [0.5, 0.6) is 0 Å². The van der Waals surface area contributed by atoms with E-state index in [1.54, 1.807) is 24.3 Å². The van der Waals surface area contributed by atoms with Crippen molar-refractivity contribution in [3.8, 4) is 0 Å². The van der Waals surface area contributed by atoms with Crippen LogP contribution in [0.2, 0.25) is 0 Å². The number of anilines is 2. The molecule has 0 radical (unpaired) electrons. The van der Waals surface area contributed by atoms with Crippen LogP contribution in [-0.4, -0.2) is 18.0 Å². The second-order valence-corrected chi connectivity index (χ2v) is 4.82. The summed E-state index contributed by atoms with van der Waals surface area (Å²) in [5, 5.41) is 5.21. The van der Waals surface area contributed by atoms with Crippen LogP contribution >= 0.6 is 0 Å². The van der Waals surface area contributed by atoms with Crippen molar-refractivity contribution >= 4 is 23.3 Å². The lowest BCUT2D eigenvalue weighted by molar-refractivity contribution is -0.116. The molecule has 0 heterocycles. The minimum absolute atomic E-state index is 0.0630. The van der Waals surface area contributed by atoms with Crippen LogP contribution in [0.25, 0.3) is 0 Å². The van der Waals surface area contributed by atoms with Crippen molar-refractivity contribution in [1.29, 1.82) is 0 Å². The highest BCUT2D eigenvalue weighted by molar-refractivity contribution is 5.93. The zero-order chi connectivity index (χ0) is 13.8. The first-order valence-electron chi connectivity index (χ1n) is 6.26. The molecule has 19 heavy (non-hydrogen) atoms. The van der Waals surface area contributed by atoms with Gasteiger partial charge in [0.25, 0.3) is 0 Å². The summed E-state index contributed by atoms with van der Waals surface area (Å²) in [6.07, 6.45) is 2.55. The smallest absolute Gasteiger partial charge is 0.316 e. The van der Waals surface area contributed by atoms with Crippen LogP contribution in [0, 0.1) is 5.92 Å². The summed E-state index contributed by atoms with van der Waals surface area (Å²) >= 11 is 0. The Kier molecular flexibility index (Phi) is 4.01. The predicted molar refractivity (Wildman–Crippen MR) is 73.6 cm³/mol. The van der Waals surface area contributed by atoms with E-state index in [9.17, 15) is 9.59 Å². The number of rotatable bonds is 5. The molecule has 6 N–H and O–H groups in total. The van der Waals surface area contributed by atoms with E-state index in [4.69, 9.17) is 11.5 Å². The number of benzene rings is 1. The van der Waals surface area contributed by atoms with Crippen molar-refractivity contribution in [1.82, 2.24) is 0 Å². The normalized spacial score (nSPS) is 15.6. The summed E-state index contributed by atoms with van der Waals surface area (Å²) in [4.78, 5) is 22.5. The van der Waals surface area contributed by atoms with Crippen molar-refractivity contribution in [3.63, 3.8) is 0 Å². The lowest BCUT2D eigenvalue weighted by Gasteiger charge is -2.11. The highest BCUT2D eigenvalue weighted by Crippen LogP contribution is 2.32. The number of urea groups is 1. The van der Waals surface area contributed by atoms with Gasteiger partial charge in [-0.3, -0.25) is 4.79 Å². The molecule has 102 valence electrons. The van der Waals surface area contributed by atoms with Gasteiger partial charge >= 0.3 is 6.03 Å². The van der Waals surface area contributed by atoms with Crippen molar-refractivity contribution < 1.29 is 9.59 Å². The monoisotopic (exact) mass is 262 g/mol. The third-order valence-corrected chi connectivity index (χ3v) is 3.06. The van der Waals surface area contributed by atoms with Gasteiger partial charge < -0.3 is 22.1 Å². The van der Waals surface area contributed by atoms with Crippen LogP contribution < -0.4 is 22.1 Å². The van der Waals surface area contributed by atoms with E-state index in [0.717, 1.165) is 12.8 Å². The number of primary amides is 1. The standard InChI is InChI=1S/C13H18N4O2/c14-11(8-4-5-8)7-12(18)16-9-2-1-3-10(6-9)17-13(15)19/h1-3,6,8,11H,4-5,7,14H2,(H,16,18)(H3,15,17,19). The molecule has 6 heteroatoms. The van der Waals surface area contributed by atoms with Gasteiger partial charge in [-0.1, -0.05) is 6.07 Å². The van der Waals surface area contributed by atoms with Gasteiger partial charge in [-0.25, -0.2) is 4.79 Å². The van der Waals surface area contributed by atoms with Gasteiger partial charge in [0.1, 0.15) is 0 Å². The molecule has 2 rings (SSSR count). The molecule has 0 aromatic heterocycles. The largest absolute Gasteiger partial charge is 0.351 e. The molecular weight excluding hydrogens is 244 g/mol. The fourth-order valence-electron chi connectivity index (χ4n) is 1.93. The molecule has 6 nitrogen and oxygen atoms in total. The zero-order valence-electron chi connectivity index (χ0n) is 10.6. The average Bonchev–Trinajstić information content (AvgIpc) is 3.11. The first-order valence-corrected chi connectivity index (χ1v) is 6.26. The molecule has 1 aliphatic rings. The van der Waals surface area contributed by atoms with Crippen LogP contribution in [-0.2, 0) is 4.79 Å². The SMILES string of the molecule is NC(=O)Nc1cccc(NC(=O)CC(N)C2CC2)c1. The minimum atomic E-state index is -0.640. The number of hydrogen-bond acceptors (Lipinski definition) is 3. The summed E-state index contributed by atoms with van der Waals surface area (Å²) in [7, 11) is 0. The highest BCUT2D eigenvalue weighted by Gasteiger charge is 2.29. The van der Waals surface area contributed by atoms with Gasteiger partial charge in [-0.15, -0.1) is 0 Å². The molecule has 1 aliphatic carbocycles. The Bertz CT molecular complexity index is 485. The molecule has 0 saturated heterocycles. The molecule has 1 fully saturated rings. The summed E-state index contributed by atoms with van der Waals surface area (Å²) in [5.41, 5.74) is 12.1. The Morgan fingerprint density at radius 3 is 2.47 bits per heavy atom. The van der Waals surface area contributed by atoms with Crippen molar-refractivity contribution in [2.24, 2.45) is 17.4 Å². The molecule has 0 bridgehead atoms. The van der Waals surface area contributed by atoms with Gasteiger partial charge in [0.15, 0.2) is 0 Å². The summed E-state index contributed by atoms with van der Waals surface area (Å²) in [6.45, 7) is 0. The van der Waals surface area contributed by atoms with E-state index in [-0.39, 0.29) is 11.9 Å². The molecule has 3 amide bonds. The molecule has 1 saturated carbocycles. The highest BCUT2D eigenvalue weighted by atomic mass is 16.2. The summed E-state index contributed by atoms with van der Waals surface area (Å²) in [5.74, 6) is 0.379. The van der Waals surface area contributed by atoms with E-state index in [0.29, 0.717) is 23.7 Å². The Morgan fingerprint density at radius 2 is 1.89 bits per heavy atom. The van der Waals surface area contributed by atoms with Gasteiger partial charge in [-0.05, 0) is 37.0 Å². The van der Waals surface area contributed by atoms with Crippen molar-refractivity contribution in [2.75, 3.05) is 10.6 Å². The zero-order valence-corrected chi connectivity index (χ0v) is 10.6. The minimum Gasteiger partial charge on any atom is -0.351 e. The van der Waals surface area contributed by atoms with Crippen molar-refractivity contribution in [3.05, 3.63) is 24.3 Å². The van der Waals surface area contributed by atoms with Crippen LogP contribution in [0.3, 0.4) is 0 Å². The molecule has 1 aromatic carbocycles. The second-order valence-electron chi connectivity index (χ2n) is 4.82. The van der Waals surface area contributed by atoms with Gasteiger partial charge in [0, 0.05) is 23.8 Å². The maximum absolute atomic E-state index is 11.8. The summed E-state index contributed by atoms with van der Waals surface area (Å²) in [6, 6.07) is 6.10. The maximum Gasteiger partial charge on any atom is 0.316 e. The number of carbonyl (C=O) groups is 2. The summed E-state index contributed by atoms with van der Waals surface area (Å²) < 4.78 is 0. The molecule has 1 atom stereocenters. The van der Waals surface area contributed by atoms with E-state index < -0.39 is 6.03 Å². The van der Waals surface area contributed by atoms with Crippen LogP contribution in [0.15, 0.2) is 24.3 Å². The molecule has 1 unspecified atom stereocenters. The van der Waals surface area contributed by atoms with Crippen molar-refractivity contribution in [2.45, 2.75) is 25.3 Å². The maximum atomic E-state index is 11.8. The Labute approximate surface area is 111 Å². The number of nitrogens with one attached hydrogen (secondary N) is 2. The van der Waals surface area contributed by atoms with E-state index >= 15 is 0 Å².